The first-order valence-electron chi connectivity index (χ1n) is 6.70. The highest BCUT2D eigenvalue weighted by atomic mass is 15.3. The second-order valence-electron chi connectivity index (χ2n) is 4.50. The summed E-state index contributed by atoms with van der Waals surface area (Å²) >= 11 is 0. The quantitative estimate of drug-likeness (QED) is 0.749. The summed E-state index contributed by atoms with van der Waals surface area (Å²) in [5.41, 5.74) is 2.13. The lowest BCUT2D eigenvalue weighted by Gasteiger charge is -2.07. The Hall–Kier alpha value is -2.95. The Labute approximate surface area is 123 Å². The van der Waals surface area contributed by atoms with Gasteiger partial charge in [-0.25, -0.2) is 0 Å². The second kappa shape index (κ2) is 6.47. The van der Waals surface area contributed by atoms with Crippen molar-refractivity contribution in [1.82, 2.24) is 15.2 Å². The van der Waals surface area contributed by atoms with Gasteiger partial charge in [0.25, 0.3) is 0 Å². The molecule has 5 heteroatoms. The van der Waals surface area contributed by atoms with Gasteiger partial charge in [0.05, 0.1) is 6.20 Å². The molecule has 0 spiro atoms. The maximum absolute atomic E-state index is 4.39. The van der Waals surface area contributed by atoms with Crippen molar-refractivity contribution in [3.05, 3.63) is 72.4 Å². The molecule has 2 N–H and O–H groups in total. The zero-order valence-corrected chi connectivity index (χ0v) is 11.4. The van der Waals surface area contributed by atoms with E-state index in [0.717, 1.165) is 5.69 Å². The first-order chi connectivity index (χ1) is 10.4. The molecule has 104 valence electrons. The molecule has 0 unspecified atom stereocenters. The highest BCUT2D eigenvalue weighted by Gasteiger charge is 2.01. The standard InChI is InChI=1S/C16H15N5/c1-3-7-13(8-4-1)11-17-16-20-15(12-18-21-16)19-14-9-5-2-6-10-14/h1-10,12H,11H2,(H2,17,19,20,21). The molecule has 0 saturated carbocycles. The molecule has 0 fully saturated rings. The summed E-state index contributed by atoms with van der Waals surface area (Å²) in [6.45, 7) is 0.664. The van der Waals surface area contributed by atoms with Crippen LogP contribution in [-0.2, 0) is 6.54 Å². The molecule has 0 saturated heterocycles. The van der Waals surface area contributed by atoms with Gasteiger partial charge in [0.15, 0.2) is 5.82 Å². The van der Waals surface area contributed by atoms with E-state index in [-0.39, 0.29) is 0 Å². The van der Waals surface area contributed by atoms with Crippen molar-refractivity contribution in [3.63, 3.8) is 0 Å². The van der Waals surface area contributed by atoms with Crippen LogP contribution in [-0.4, -0.2) is 15.2 Å². The minimum absolute atomic E-state index is 0.500. The topological polar surface area (TPSA) is 62.7 Å². The molecular formula is C16H15N5. The van der Waals surface area contributed by atoms with E-state index in [1.165, 1.54) is 5.56 Å². The predicted molar refractivity (Wildman–Crippen MR) is 83.3 cm³/mol. The van der Waals surface area contributed by atoms with E-state index in [9.17, 15) is 0 Å². The number of hydrogen-bond donors (Lipinski definition) is 2. The lowest BCUT2D eigenvalue weighted by Crippen LogP contribution is -2.06. The third-order valence-corrected chi connectivity index (χ3v) is 2.90. The molecule has 21 heavy (non-hydrogen) atoms. The molecule has 3 rings (SSSR count). The first-order valence-corrected chi connectivity index (χ1v) is 6.70. The van der Waals surface area contributed by atoms with E-state index >= 15 is 0 Å². The molecular weight excluding hydrogens is 262 g/mol. The van der Waals surface area contributed by atoms with Crippen LogP contribution >= 0.6 is 0 Å². The third kappa shape index (κ3) is 3.76. The van der Waals surface area contributed by atoms with Crippen molar-refractivity contribution in [2.24, 2.45) is 0 Å². The largest absolute Gasteiger partial charge is 0.349 e. The smallest absolute Gasteiger partial charge is 0.244 e. The molecule has 0 bridgehead atoms. The van der Waals surface area contributed by atoms with Crippen LogP contribution in [0.1, 0.15) is 5.56 Å². The lowest BCUT2D eigenvalue weighted by atomic mass is 10.2. The summed E-state index contributed by atoms with van der Waals surface area (Å²) in [6, 6.07) is 19.9. The number of rotatable bonds is 5. The summed E-state index contributed by atoms with van der Waals surface area (Å²) in [7, 11) is 0. The van der Waals surface area contributed by atoms with Gasteiger partial charge in [0.2, 0.25) is 5.95 Å². The summed E-state index contributed by atoms with van der Waals surface area (Å²) < 4.78 is 0. The Morgan fingerprint density at radius 2 is 1.57 bits per heavy atom. The minimum atomic E-state index is 0.500. The highest BCUT2D eigenvalue weighted by molar-refractivity contribution is 5.55. The van der Waals surface area contributed by atoms with Crippen LogP contribution in [0.15, 0.2) is 66.9 Å². The molecule has 0 radical (unpaired) electrons. The van der Waals surface area contributed by atoms with Crippen LogP contribution in [0.25, 0.3) is 0 Å². The van der Waals surface area contributed by atoms with Crippen molar-refractivity contribution < 1.29 is 0 Å². The van der Waals surface area contributed by atoms with Gasteiger partial charge >= 0.3 is 0 Å². The van der Waals surface area contributed by atoms with Crippen LogP contribution in [0.4, 0.5) is 17.5 Å². The van der Waals surface area contributed by atoms with Crippen molar-refractivity contribution in [1.29, 1.82) is 0 Å². The molecule has 1 aromatic heterocycles. The fourth-order valence-corrected chi connectivity index (χ4v) is 1.89. The molecule has 0 atom stereocenters. The molecule has 1 heterocycles. The van der Waals surface area contributed by atoms with E-state index in [2.05, 4.69) is 25.8 Å². The molecule has 5 nitrogen and oxygen atoms in total. The van der Waals surface area contributed by atoms with Gasteiger partial charge in [-0.2, -0.15) is 10.1 Å². The lowest BCUT2D eigenvalue weighted by molar-refractivity contribution is 0.949. The maximum Gasteiger partial charge on any atom is 0.244 e. The Bertz CT molecular complexity index is 685. The van der Waals surface area contributed by atoms with Crippen LogP contribution in [0.5, 0.6) is 0 Å². The van der Waals surface area contributed by atoms with Crippen LogP contribution in [0.3, 0.4) is 0 Å². The summed E-state index contributed by atoms with van der Waals surface area (Å²) in [4.78, 5) is 4.39. The average Bonchev–Trinajstić information content (AvgIpc) is 2.55. The normalized spacial score (nSPS) is 10.1. The van der Waals surface area contributed by atoms with E-state index in [1.807, 2.05) is 60.7 Å². The number of nitrogens with one attached hydrogen (secondary N) is 2. The van der Waals surface area contributed by atoms with Gasteiger partial charge < -0.3 is 10.6 Å². The van der Waals surface area contributed by atoms with Crippen LogP contribution in [0.2, 0.25) is 0 Å². The van der Waals surface area contributed by atoms with Crippen LogP contribution in [0, 0.1) is 0 Å². The van der Waals surface area contributed by atoms with E-state index < -0.39 is 0 Å². The van der Waals surface area contributed by atoms with Gasteiger partial charge in [-0.05, 0) is 17.7 Å². The number of hydrogen-bond acceptors (Lipinski definition) is 5. The minimum Gasteiger partial charge on any atom is -0.349 e. The van der Waals surface area contributed by atoms with Gasteiger partial charge in [-0.15, -0.1) is 5.10 Å². The van der Waals surface area contributed by atoms with Crippen molar-refractivity contribution in [2.45, 2.75) is 6.54 Å². The van der Waals surface area contributed by atoms with Crippen LogP contribution < -0.4 is 10.6 Å². The van der Waals surface area contributed by atoms with Crippen molar-refractivity contribution >= 4 is 17.5 Å². The molecule has 2 aromatic carbocycles. The molecule has 0 amide bonds. The Kier molecular flexibility index (Phi) is 4.02. The molecule has 0 aliphatic carbocycles. The van der Waals surface area contributed by atoms with Gasteiger partial charge in [-0.1, -0.05) is 48.5 Å². The number of anilines is 3. The molecule has 3 aromatic rings. The first kappa shape index (κ1) is 13.1. The summed E-state index contributed by atoms with van der Waals surface area (Å²) in [6.07, 6.45) is 1.60. The predicted octanol–water partition coefficient (Wildman–Crippen LogP) is 3.23. The number of para-hydroxylation sites is 1. The fourth-order valence-electron chi connectivity index (χ4n) is 1.89. The van der Waals surface area contributed by atoms with Crippen molar-refractivity contribution in [2.75, 3.05) is 10.6 Å². The second-order valence-corrected chi connectivity index (χ2v) is 4.50. The number of aromatic nitrogens is 3. The maximum atomic E-state index is 4.39. The van der Waals surface area contributed by atoms with E-state index in [0.29, 0.717) is 18.3 Å². The number of nitrogens with zero attached hydrogens (tertiary/aromatic N) is 3. The number of benzene rings is 2. The van der Waals surface area contributed by atoms with E-state index in [4.69, 9.17) is 0 Å². The SMILES string of the molecule is c1ccc(CNc2nncc(Nc3ccccc3)n2)cc1. The van der Waals surface area contributed by atoms with Crippen molar-refractivity contribution in [3.8, 4) is 0 Å². The molecule has 0 aliphatic rings. The summed E-state index contributed by atoms with van der Waals surface area (Å²) in [5, 5.41) is 14.3. The highest BCUT2D eigenvalue weighted by Crippen LogP contribution is 2.13. The molecule has 0 aliphatic heterocycles. The summed E-state index contributed by atoms with van der Waals surface area (Å²) in [5.74, 6) is 1.16. The fraction of sp³-hybridized carbons (Fsp3) is 0.0625. The van der Waals surface area contributed by atoms with Gasteiger partial charge in [0, 0.05) is 12.2 Å². The Morgan fingerprint density at radius 1 is 0.857 bits per heavy atom. The zero-order chi connectivity index (χ0) is 14.3. The van der Waals surface area contributed by atoms with Gasteiger partial charge in [-0.3, -0.25) is 0 Å². The average molecular weight is 277 g/mol. The Morgan fingerprint density at radius 3 is 2.33 bits per heavy atom. The monoisotopic (exact) mass is 277 g/mol. The van der Waals surface area contributed by atoms with E-state index in [1.54, 1.807) is 6.20 Å². The third-order valence-electron chi connectivity index (χ3n) is 2.90. The van der Waals surface area contributed by atoms with Gasteiger partial charge in [0.1, 0.15) is 0 Å². The Balaban J connectivity index is 1.66. The zero-order valence-electron chi connectivity index (χ0n) is 11.4.